The number of aliphatic carboxylic acids is 1. The molecule has 4 nitrogen and oxygen atoms in total. The molecule has 0 saturated heterocycles. The molecule has 0 radical (unpaired) electrons. The van der Waals surface area contributed by atoms with Crippen LogP contribution in [0.4, 0.5) is 0 Å². The zero-order chi connectivity index (χ0) is 17.6. The number of allylic oxidation sites excluding steroid dienone is 2. The molecule has 4 heteroatoms. The Morgan fingerprint density at radius 2 is 1.42 bits per heavy atom. The summed E-state index contributed by atoms with van der Waals surface area (Å²) in [5, 5.41) is 15.1. The quantitative estimate of drug-likeness (QED) is 0.782. The Kier molecular flexibility index (Phi) is 3.11. The van der Waals surface area contributed by atoms with Crippen molar-refractivity contribution in [3.8, 4) is 0 Å². The molecule has 0 aromatic carbocycles. The van der Waals surface area contributed by atoms with Gasteiger partial charge >= 0.3 is 0 Å². The Bertz CT molecular complexity index is 662. The second-order valence-corrected chi connectivity index (χ2v) is 10.6. The van der Waals surface area contributed by atoms with Crippen LogP contribution in [0, 0.1) is 58.7 Å². The van der Waals surface area contributed by atoms with E-state index in [1.807, 2.05) is 0 Å². The average Bonchev–Trinajstić information content (AvgIpc) is 3.40. The first kappa shape index (κ1) is 15.7. The Balaban J connectivity index is 1.19. The minimum Gasteiger partial charge on any atom is -0.550 e. The molecule has 0 aromatic rings. The fourth-order valence-corrected chi connectivity index (χ4v) is 8.45. The van der Waals surface area contributed by atoms with E-state index in [1.165, 1.54) is 38.5 Å². The van der Waals surface area contributed by atoms with Crippen LogP contribution in [0.1, 0.15) is 44.9 Å². The lowest BCUT2D eigenvalue weighted by molar-refractivity contribution is -0.316. The molecule has 8 aliphatic carbocycles. The summed E-state index contributed by atoms with van der Waals surface area (Å²) in [5.41, 5.74) is 0.299. The highest BCUT2D eigenvalue weighted by Gasteiger charge is 2.61. The van der Waals surface area contributed by atoms with Crippen molar-refractivity contribution in [2.45, 2.75) is 44.9 Å². The van der Waals surface area contributed by atoms with Gasteiger partial charge in [0, 0.05) is 18.4 Å². The second kappa shape index (κ2) is 5.14. The highest BCUT2D eigenvalue weighted by Crippen LogP contribution is 2.64. The van der Waals surface area contributed by atoms with E-state index >= 15 is 0 Å². The van der Waals surface area contributed by atoms with Crippen LogP contribution in [0.3, 0.4) is 0 Å². The molecular formula is C22H28NO3-. The Labute approximate surface area is 154 Å². The van der Waals surface area contributed by atoms with E-state index in [1.54, 1.807) is 0 Å². The van der Waals surface area contributed by atoms with Gasteiger partial charge in [-0.25, -0.2) is 0 Å². The molecule has 0 heterocycles. The Morgan fingerprint density at radius 1 is 0.885 bits per heavy atom. The number of carboxylic acid groups (broad SMARTS) is 1. The van der Waals surface area contributed by atoms with Crippen molar-refractivity contribution in [1.82, 2.24) is 5.32 Å². The first-order valence-corrected chi connectivity index (χ1v) is 10.7. The summed E-state index contributed by atoms with van der Waals surface area (Å²) in [6.07, 6.45) is 13.3. The number of carboxylic acids is 1. The van der Waals surface area contributed by atoms with Gasteiger partial charge in [0.05, 0.1) is 5.92 Å². The zero-order valence-corrected chi connectivity index (χ0v) is 15.2. The largest absolute Gasteiger partial charge is 0.550 e. The fourth-order valence-electron chi connectivity index (χ4n) is 8.45. The lowest BCUT2D eigenvalue weighted by atomic mass is 9.49. The number of rotatable bonds is 4. The van der Waals surface area contributed by atoms with Crippen LogP contribution < -0.4 is 10.4 Å². The number of nitrogens with one attached hydrogen (secondary N) is 1. The van der Waals surface area contributed by atoms with Crippen molar-refractivity contribution in [2.24, 2.45) is 58.7 Å². The van der Waals surface area contributed by atoms with Crippen molar-refractivity contribution in [3.63, 3.8) is 0 Å². The highest BCUT2D eigenvalue weighted by atomic mass is 16.4. The molecule has 6 saturated carbocycles. The smallest absolute Gasteiger partial charge is 0.224 e. The van der Waals surface area contributed by atoms with E-state index in [2.05, 4.69) is 17.5 Å². The molecule has 8 aliphatic rings. The van der Waals surface area contributed by atoms with E-state index in [-0.39, 0.29) is 17.7 Å². The molecule has 6 bridgehead atoms. The third-order valence-corrected chi connectivity index (χ3v) is 9.03. The predicted molar refractivity (Wildman–Crippen MR) is 93.3 cm³/mol. The summed E-state index contributed by atoms with van der Waals surface area (Å²) in [6.45, 7) is 0.765. The van der Waals surface area contributed by atoms with Gasteiger partial charge < -0.3 is 15.2 Å². The van der Waals surface area contributed by atoms with Gasteiger partial charge in [-0.2, -0.15) is 0 Å². The second-order valence-electron chi connectivity index (χ2n) is 10.6. The van der Waals surface area contributed by atoms with Crippen LogP contribution in [0.25, 0.3) is 0 Å². The van der Waals surface area contributed by atoms with Crippen molar-refractivity contribution < 1.29 is 14.7 Å². The standard InChI is InChI=1S/C22H29NO3/c24-20(18-14-1-2-15(17-6-16(14)17)19(18)21(25)26)23-10-22-7-11-3-12(8-22)5-13(4-11)9-22/h1-2,11-19H,3-10H2,(H,23,24)(H,25,26)/p-1/t11?,12?,13?,14-,15+,16-,17+,18-,19-,22?/m1/s1. The van der Waals surface area contributed by atoms with Gasteiger partial charge in [-0.15, -0.1) is 0 Å². The van der Waals surface area contributed by atoms with E-state index in [0.29, 0.717) is 17.3 Å². The summed E-state index contributed by atoms with van der Waals surface area (Å²) < 4.78 is 0. The highest BCUT2D eigenvalue weighted by molar-refractivity contribution is 5.86. The monoisotopic (exact) mass is 354 g/mol. The summed E-state index contributed by atoms with van der Waals surface area (Å²) in [4.78, 5) is 24.9. The lowest BCUT2D eigenvalue weighted by Crippen LogP contribution is -2.56. The molecular weight excluding hydrogens is 326 g/mol. The number of carbonyl (C=O) groups excluding carboxylic acids is 2. The van der Waals surface area contributed by atoms with Gasteiger partial charge in [0.15, 0.2) is 0 Å². The van der Waals surface area contributed by atoms with Gasteiger partial charge in [-0.3, -0.25) is 4.79 Å². The first-order chi connectivity index (χ1) is 12.5. The molecule has 8 rings (SSSR count). The van der Waals surface area contributed by atoms with Crippen molar-refractivity contribution >= 4 is 11.9 Å². The zero-order valence-electron chi connectivity index (χ0n) is 15.2. The fraction of sp³-hybridized carbons (Fsp3) is 0.818. The molecule has 0 aromatic heterocycles. The molecule has 0 unspecified atom stereocenters. The van der Waals surface area contributed by atoms with Crippen molar-refractivity contribution in [2.75, 3.05) is 6.54 Å². The van der Waals surface area contributed by atoms with Gasteiger partial charge in [0.25, 0.3) is 0 Å². The van der Waals surface area contributed by atoms with Crippen LogP contribution in [-0.4, -0.2) is 18.4 Å². The summed E-state index contributed by atoms with van der Waals surface area (Å²) in [6, 6.07) is 0. The van der Waals surface area contributed by atoms with Crippen LogP contribution >= 0.6 is 0 Å². The van der Waals surface area contributed by atoms with Gasteiger partial charge in [-0.1, -0.05) is 12.2 Å². The lowest BCUT2D eigenvalue weighted by Gasteiger charge is -2.57. The molecule has 26 heavy (non-hydrogen) atoms. The maximum atomic E-state index is 13.1. The number of carbonyl (C=O) groups is 2. The first-order valence-electron chi connectivity index (χ1n) is 10.7. The van der Waals surface area contributed by atoms with Crippen molar-refractivity contribution in [1.29, 1.82) is 0 Å². The molecule has 0 aliphatic heterocycles. The van der Waals surface area contributed by atoms with Gasteiger partial charge in [-0.05, 0) is 91.8 Å². The van der Waals surface area contributed by atoms with E-state index < -0.39 is 17.8 Å². The van der Waals surface area contributed by atoms with Crippen LogP contribution in [0.5, 0.6) is 0 Å². The SMILES string of the molecule is O=C(NCC12CC3CC(CC(C3)C1)C2)[C@@H]1[C@@H]2C=C[C@@H]([C@@H]3C[C@H]23)[C@H]1C(=O)[O-]. The number of hydrogen-bond acceptors (Lipinski definition) is 3. The molecule has 1 amide bonds. The molecule has 1 N–H and O–H groups in total. The minimum atomic E-state index is -1.02. The van der Waals surface area contributed by atoms with E-state index in [0.717, 1.165) is 30.7 Å². The van der Waals surface area contributed by atoms with E-state index in [4.69, 9.17) is 0 Å². The predicted octanol–water partition coefficient (Wildman–Crippen LogP) is 1.75. The van der Waals surface area contributed by atoms with Crippen molar-refractivity contribution in [3.05, 3.63) is 12.2 Å². The molecule has 6 fully saturated rings. The van der Waals surface area contributed by atoms with Crippen LogP contribution in [0.2, 0.25) is 0 Å². The van der Waals surface area contributed by atoms with E-state index in [9.17, 15) is 14.7 Å². The minimum absolute atomic E-state index is 0.0142. The Morgan fingerprint density at radius 3 is 1.96 bits per heavy atom. The van der Waals surface area contributed by atoms with Gasteiger partial charge in [0.1, 0.15) is 0 Å². The maximum Gasteiger partial charge on any atom is 0.224 e. The summed E-state index contributed by atoms with van der Waals surface area (Å²) >= 11 is 0. The third kappa shape index (κ3) is 2.13. The number of hydrogen-bond donors (Lipinski definition) is 1. The van der Waals surface area contributed by atoms with Crippen LogP contribution in [-0.2, 0) is 9.59 Å². The summed E-state index contributed by atoms with van der Waals surface area (Å²) in [5.74, 6) is 1.70. The molecule has 6 atom stereocenters. The number of amides is 1. The van der Waals surface area contributed by atoms with Crippen LogP contribution in [0.15, 0.2) is 12.2 Å². The molecule has 0 spiro atoms. The normalized spacial score (nSPS) is 54.8. The summed E-state index contributed by atoms with van der Waals surface area (Å²) in [7, 11) is 0. The third-order valence-electron chi connectivity index (χ3n) is 9.03. The number of fused-ring (bicyclic) bond motifs is 1. The van der Waals surface area contributed by atoms with Gasteiger partial charge in [0.2, 0.25) is 5.91 Å². The topological polar surface area (TPSA) is 69.2 Å². The average molecular weight is 354 g/mol. The maximum absolute atomic E-state index is 13.1. The Hall–Kier alpha value is -1.32. The molecule has 140 valence electrons.